The van der Waals surface area contributed by atoms with Gasteiger partial charge in [-0.15, -0.1) is 0 Å². The zero-order valence-electron chi connectivity index (χ0n) is 13.5. The maximum atomic E-state index is 13.5. The van der Waals surface area contributed by atoms with Crippen LogP contribution in [-0.4, -0.2) is 26.1 Å². The number of hydrogen-bond donors (Lipinski definition) is 2. The first kappa shape index (κ1) is 17.8. The molecule has 0 bridgehead atoms. The molecule has 0 atom stereocenters. The van der Waals surface area contributed by atoms with Gasteiger partial charge in [-0.1, -0.05) is 24.3 Å². The molecule has 3 nitrogen and oxygen atoms in total. The minimum atomic E-state index is -0.556. The largest absolute Gasteiger partial charge is 0.356 e. The molecule has 0 aromatic heterocycles. The molecule has 0 aliphatic carbocycles. The lowest BCUT2D eigenvalue weighted by Crippen LogP contribution is -2.39. The van der Waals surface area contributed by atoms with Crippen LogP contribution in [0, 0.1) is 17.5 Å². The Morgan fingerprint density at radius 3 is 2.04 bits per heavy atom. The fourth-order valence-electron chi connectivity index (χ4n) is 2.31. The number of halogens is 3. The number of benzene rings is 2. The summed E-state index contributed by atoms with van der Waals surface area (Å²) in [7, 11) is 1.60. The molecule has 2 N–H and O–H groups in total. The summed E-state index contributed by atoms with van der Waals surface area (Å²) in [5.41, 5.74) is 0.667. The SMILES string of the molecule is CN=C(NCCc1ccccc1F)NCCc1c(F)cccc1F. The van der Waals surface area contributed by atoms with Crippen molar-refractivity contribution in [3.8, 4) is 0 Å². The second kappa shape index (κ2) is 8.96. The van der Waals surface area contributed by atoms with Crippen LogP contribution in [0.2, 0.25) is 0 Å². The molecule has 2 aromatic carbocycles. The van der Waals surface area contributed by atoms with Crippen molar-refractivity contribution in [3.05, 3.63) is 71.0 Å². The van der Waals surface area contributed by atoms with Gasteiger partial charge in [0.1, 0.15) is 17.5 Å². The Morgan fingerprint density at radius 1 is 0.833 bits per heavy atom. The van der Waals surface area contributed by atoms with Crippen LogP contribution >= 0.6 is 0 Å². The van der Waals surface area contributed by atoms with Gasteiger partial charge in [0, 0.05) is 25.7 Å². The summed E-state index contributed by atoms with van der Waals surface area (Å²) >= 11 is 0. The van der Waals surface area contributed by atoms with E-state index in [2.05, 4.69) is 15.6 Å². The number of aliphatic imine (C=N–C) groups is 1. The van der Waals surface area contributed by atoms with Crippen LogP contribution in [0.5, 0.6) is 0 Å². The van der Waals surface area contributed by atoms with Gasteiger partial charge in [0.25, 0.3) is 0 Å². The number of rotatable bonds is 6. The molecule has 0 saturated heterocycles. The number of hydrogen-bond acceptors (Lipinski definition) is 1. The minimum Gasteiger partial charge on any atom is -0.356 e. The molecule has 0 fully saturated rings. The van der Waals surface area contributed by atoms with E-state index >= 15 is 0 Å². The van der Waals surface area contributed by atoms with Crippen LogP contribution in [0.25, 0.3) is 0 Å². The number of nitrogens with zero attached hydrogens (tertiary/aromatic N) is 1. The molecule has 0 amide bonds. The lowest BCUT2D eigenvalue weighted by Gasteiger charge is -2.12. The normalized spacial score (nSPS) is 11.4. The molecule has 0 saturated carbocycles. The van der Waals surface area contributed by atoms with Gasteiger partial charge in [-0.2, -0.15) is 0 Å². The summed E-state index contributed by atoms with van der Waals surface area (Å²) < 4.78 is 40.6. The van der Waals surface area contributed by atoms with E-state index in [-0.39, 0.29) is 17.8 Å². The van der Waals surface area contributed by atoms with Crippen molar-refractivity contribution in [3.63, 3.8) is 0 Å². The Bertz CT molecular complexity index is 681. The molecule has 2 aromatic rings. The van der Waals surface area contributed by atoms with E-state index in [1.54, 1.807) is 25.2 Å². The lowest BCUT2D eigenvalue weighted by atomic mass is 10.1. The van der Waals surface area contributed by atoms with Crippen LogP contribution in [0.4, 0.5) is 13.2 Å². The molecular formula is C18H20F3N3. The van der Waals surface area contributed by atoms with Gasteiger partial charge in [0.2, 0.25) is 0 Å². The molecular weight excluding hydrogens is 315 g/mol. The van der Waals surface area contributed by atoms with Gasteiger partial charge in [0.15, 0.2) is 5.96 Å². The average molecular weight is 335 g/mol. The van der Waals surface area contributed by atoms with Crippen molar-refractivity contribution in [2.75, 3.05) is 20.1 Å². The highest BCUT2D eigenvalue weighted by atomic mass is 19.1. The highest BCUT2D eigenvalue weighted by Crippen LogP contribution is 2.12. The quantitative estimate of drug-likeness (QED) is 0.629. The summed E-state index contributed by atoms with van der Waals surface area (Å²) in [5, 5.41) is 6.03. The smallest absolute Gasteiger partial charge is 0.190 e. The first-order chi connectivity index (χ1) is 11.6. The van der Waals surface area contributed by atoms with Gasteiger partial charge in [-0.3, -0.25) is 4.99 Å². The van der Waals surface area contributed by atoms with E-state index in [9.17, 15) is 13.2 Å². The third-order valence-electron chi connectivity index (χ3n) is 3.60. The third kappa shape index (κ3) is 5.01. The van der Waals surface area contributed by atoms with Crippen molar-refractivity contribution in [1.29, 1.82) is 0 Å². The van der Waals surface area contributed by atoms with Crippen molar-refractivity contribution >= 4 is 5.96 Å². The standard InChI is InChI=1S/C18H20F3N3/c1-22-18(23-11-9-13-5-2-3-6-15(13)19)24-12-10-14-16(20)7-4-8-17(14)21/h2-8H,9-12H2,1H3,(H2,22,23,24). The second-order valence-electron chi connectivity index (χ2n) is 5.22. The zero-order valence-corrected chi connectivity index (χ0v) is 13.5. The predicted molar refractivity (Wildman–Crippen MR) is 89.5 cm³/mol. The second-order valence-corrected chi connectivity index (χ2v) is 5.22. The summed E-state index contributed by atoms with van der Waals surface area (Å²) in [5.74, 6) is -0.848. The zero-order chi connectivity index (χ0) is 17.4. The maximum absolute atomic E-state index is 13.5. The van der Waals surface area contributed by atoms with E-state index in [1.165, 1.54) is 24.3 Å². The summed E-state index contributed by atoms with van der Waals surface area (Å²) in [6.07, 6.45) is 0.710. The van der Waals surface area contributed by atoms with E-state index in [0.717, 1.165) is 0 Å². The van der Waals surface area contributed by atoms with Crippen molar-refractivity contribution in [1.82, 2.24) is 10.6 Å². The van der Waals surface area contributed by atoms with Crippen LogP contribution in [0.1, 0.15) is 11.1 Å². The van der Waals surface area contributed by atoms with Gasteiger partial charge < -0.3 is 10.6 Å². The Kier molecular flexibility index (Phi) is 6.66. The summed E-state index contributed by atoms with van der Waals surface area (Å²) in [6.45, 7) is 0.825. The monoisotopic (exact) mass is 335 g/mol. The van der Waals surface area contributed by atoms with Gasteiger partial charge in [-0.05, 0) is 36.6 Å². The first-order valence-electron chi connectivity index (χ1n) is 7.72. The minimum absolute atomic E-state index is 0.0480. The van der Waals surface area contributed by atoms with Gasteiger partial charge in [0.05, 0.1) is 0 Å². The lowest BCUT2D eigenvalue weighted by molar-refractivity contribution is 0.553. The van der Waals surface area contributed by atoms with Crippen molar-refractivity contribution in [2.24, 2.45) is 4.99 Å². The Balaban J connectivity index is 1.78. The summed E-state index contributed by atoms with van der Waals surface area (Å²) in [6, 6.07) is 10.4. The highest BCUT2D eigenvalue weighted by Gasteiger charge is 2.08. The number of guanidine groups is 1. The predicted octanol–water partition coefficient (Wildman–Crippen LogP) is 3.05. The topological polar surface area (TPSA) is 36.4 Å². The van der Waals surface area contributed by atoms with Crippen LogP contribution < -0.4 is 10.6 Å². The Hall–Kier alpha value is -2.50. The fourth-order valence-corrected chi connectivity index (χ4v) is 2.31. The number of nitrogens with one attached hydrogen (secondary N) is 2. The molecule has 0 radical (unpaired) electrons. The molecule has 0 heterocycles. The summed E-state index contributed by atoms with van der Waals surface area (Å²) in [4.78, 5) is 4.03. The fraction of sp³-hybridized carbons (Fsp3) is 0.278. The van der Waals surface area contributed by atoms with Crippen LogP contribution in [0.3, 0.4) is 0 Å². The molecule has 0 aliphatic heterocycles. The third-order valence-corrected chi connectivity index (χ3v) is 3.60. The highest BCUT2D eigenvalue weighted by molar-refractivity contribution is 5.79. The van der Waals surface area contributed by atoms with E-state index in [1.807, 2.05) is 0 Å². The molecule has 0 spiro atoms. The molecule has 6 heteroatoms. The van der Waals surface area contributed by atoms with E-state index in [4.69, 9.17) is 0 Å². The Labute approximate surface area is 139 Å². The molecule has 0 aliphatic rings. The van der Waals surface area contributed by atoms with Gasteiger partial charge >= 0.3 is 0 Å². The van der Waals surface area contributed by atoms with Gasteiger partial charge in [-0.25, -0.2) is 13.2 Å². The van der Waals surface area contributed by atoms with Crippen molar-refractivity contribution < 1.29 is 13.2 Å². The molecule has 2 rings (SSSR count). The van der Waals surface area contributed by atoms with E-state index < -0.39 is 11.6 Å². The molecule has 24 heavy (non-hydrogen) atoms. The van der Waals surface area contributed by atoms with Crippen LogP contribution in [0.15, 0.2) is 47.5 Å². The average Bonchev–Trinajstić information content (AvgIpc) is 2.57. The molecule has 128 valence electrons. The first-order valence-corrected chi connectivity index (χ1v) is 7.72. The molecule has 0 unspecified atom stereocenters. The Morgan fingerprint density at radius 2 is 1.42 bits per heavy atom. The van der Waals surface area contributed by atoms with Crippen LogP contribution in [-0.2, 0) is 12.8 Å². The van der Waals surface area contributed by atoms with Crippen molar-refractivity contribution in [2.45, 2.75) is 12.8 Å². The van der Waals surface area contributed by atoms with E-state index in [0.29, 0.717) is 31.0 Å². The maximum Gasteiger partial charge on any atom is 0.190 e.